The van der Waals surface area contributed by atoms with Gasteiger partial charge in [0, 0.05) is 83.6 Å². The Hall–Kier alpha value is -6.06. The van der Waals surface area contributed by atoms with Gasteiger partial charge in [0.1, 0.15) is 32.4 Å². The van der Waals surface area contributed by atoms with Gasteiger partial charge < -0.3 is 35.8 Å². The number of ether oxygens (including phenoxy) is 1. The third-order valence-electron chi connectivity index (χ3n) is 16.1. The van der Waals surface area contributed by atoms with E-state index in [9.17, 15) is 19.2 Å². The quantitative estimate of drug-likeness (QED) is 0.100. The number of piperazine rings is 2. The fourth-order valence-electron chi connectivity index (χ4n) is 11.7. The SMILES string of the molecule is CC(C)N1CCN(c2cc3c(cc2F)c(=O)c(C(=O)NCCN2CCCC2)c2sc4ccccc4n23)CC1.CCOC(=O)c1c(=O)c2cc(F)c(N3CCN(C(C)C)CC3)cc2n2c1sc1ccccc12.NCCC1CCCN1. The number of fused-ring (bicyclic) bond motifs is 10. The molecular weight excluding hydrogens is 1040 g/mol. The first-order valence-electron chi connectivity index (χ1n) is 28.2. The number of esters is 1. The minimum absolute atomic E-state index is 0.0387. The molecule has 0 aliphatic carbocycles. The zero-order valence-electron chi connectivity index (χ0n) is 46.1. The zero-order valence-corrected chi connectivity index (χ0v) is 47.8. The molecule has 15 nitrogen and oxygen atoms in total. The van der Waals surface area contributed by atoms with Crippen molar-refractivity contribution in [1.82, 2.24) is 34.1 Å². The van der Waals surface area contributed by atoms with Crippen molar-refractivity contribution >= 4 is 97.8 Å². The minimum Gasteiger partial charge on any atom is -0.462 e. The van der Waals surface area contributed by atoms with E-state index in [4.69, 9.17) is 10.5 Å². The van der Waals surface area contributed by atoms with E-state index >= 15 is 8.78 Å². The van der Waals surface area contributed by atoms with Crippen LogP contribution < -0.4 is 37.0 Å². The summed E-state index contributed by atoms with van der Waals surface area (Å²) in [5.74, 6) is -1.95. The number of thiazole rings is 2. The molecule has 420 valence electrons. The predicted molar refractivity (Wildman–Crippen MR) is 320 cm³/mol. The molecule has 4 fully saturated rings. The molecule has 4 saturated heterocycles. The Morgan fingerprint density at radius 1 is 0.684 bits per heavy atom. The number of aromatic nitrogens is 2. The van der Waals surface area contributed by atoms with Gasteiger partial charge in [-0.3, -0.25) is 33.0 Å². The maximum atomic E-state index is 15.6. The molecule has 0 saturated carbocycles. The van der Waals surface area contributed by atoms with Crippen LogP contribution in [0.3, 0.4) is 0 Å². The van der Waals surface area contributed by atoms with Crippen molar-refractivity contribution in [3.63, 3.8) is 0 Å². The highest BCUT2D eigenvalue weighted by atomic mass is 32.1. The van der Waals surface area contributed by atoms with E-state index in [2.05, 4.69) is 57.9 Å². The number of rotatable bonds is 12. The Morgan fingerprint density at radius 3 is 1.65 bits per heavy atom. The monoisotopic (exact) mass is 1120 g/mol. The van der Waals surface area contributed by atoms with Crippen molar-refractivity contribution in [2.75, 3.05) is 108 Å². The molecule has 4 aromatic heterocycles. The van der Waals surface area contributed by atoms with Gasteiger partial charge in [-0.05, 0) is 141 Å². The van der Waals surface area contributed by atoms with Gasteiger partial charge in [-0.1, -0.05) is 24.3 Å². The summed E-state index contributed by atoms with van der Waals surface area (Å²) in [7, 11) is 0. The minimum atomic E-state index is -0.678. The summed E-state index contributed by atoms with van der Waals surface area (Å²) in [6.07, 6.45) is 6.19. The molecule has 8 aromatic rings. The number of hydrogen-bond acceptors (Lipinski definition) is 14. The van der Waals surface area contributed by atoms with Gasteiger partial charge in [-0.15, -0.1) is 22.7 Å². The van der Waals surface area contributed by atoms with Crippen molar-refractivity contribution in [2.45, 2.75) is 84.8 Å². The highest BCUT2D eigenvalue weighted by Crippen LogP contribution is 2.36. The number of pyridine rings is 2. The number of carbonyl (C=O) groups excluding carboxylic acids is 2. The second-order valence-corrected chi connectivity index (χ2v) is 23.7. The van der Waals surface area contributed by atoms with Crippen LogP contribution in [0.25, 0.3) is 51.9 Å². The van der Waals surface area contributed by atoms with Gasteiger partial charge in [-0.25, -0.2) is 13.6 Å². The summed E-state index contributed by atoms with van der Waals surface area (Å²) in [4.78, 5) is 65.6. The lowest BCUT2D eigenvalue weighted by Gasteiger charge is -2.38. The molecule has 1 atom stereocenters. The van der Waals surface area contributed by atoms with E-state index in [-0.39, 0.29) is 28.5 Å². The van der Waals surface area contributed by atoms with Crippen molar-refractivity contribution in [1.29, 1.82) is 0 Å². The van der Waals surface area contributed by atoms with E-state index in [1.54, 1.807) is 19.1 Å². The van der Waals surface area contributed by atoms with Crippen LogP contribution in [0.1, 0.15) is 87.4 Å². The Labute approximate surface area is 467 Å². The van der Waals surface area contributed by atoms with Crippen molar-refractivity contribution in [2.24, 2.45) is 5.73 Å². The summed E-state index contributed by atoms with van der Waals surface area (Å²) >= 11 is 2.80. The molecule has 79 heavy (non-hydrogen) atoms. The summed E-state index contributed by atoms with van der Waals surface area (Å²) < 4.78 is 41.9. The zero-order chi connectivity index (χ0) is 55.5. The van der Waals surface area contributed by atoms with Gasteiger partial charge in [0.15, 0.2) is 0 Å². The van der Waals surface area contributed by atoms with Crippen LogP contribution in [-0.4, -0.2) is 152 Å². The molecule has 8 heterocycles. The third kappa shape index (κ3) is 11.6. The van der Waals surface area contributed by atoms with Gasteiger partial charge in [0.25, 0.3) is 5.91 Å². The number of anilines is 2. The lowest BCUT2D eigenvalue weighted by Crippen LogP contribution is -2.49. The second kappa shape index (κ2) is 24.8. The van der Waals surface area contributed by atoms with Gasteiger partial charge >= 0.3 is 5.97 Å². The standard InChI is InChI=1S/C29H34FN5O2S.C25H26FN3O3S.C6H14N2/c1-19(2)33-13-15-34(16-14-33)24-18-23-20(17-21(24)30)27(36)26(28(37)31-9-12-32-10-5-6-11-32)29-35(23)22-7-3-4-8-25(22)38-29;1-4-32-25(31)22-23(30)16-13-17(26)20(28-11-9-27(10-12-28)15(2)3)14-19(16)29-18-7-5-6-8-21(18)33-24(22)29;7-4-3-6-2-1-5-8-6/h3-4,7-8,17-19H,5-6,9-16H2,1-2H3,(H,31,37);5-8,13-15H,4,9-12H2,1-3H3;6,8H,1-5,7H2. The molecule has 0 radical (unpaired) electrons. The number of carbonyl (C=O) groups is 2. The van der Waals surface area contributed by atoms with E-state index in [0.717, 1.165) is 98.3 Å². The number of nitrogens with one attached hydrogen (secondary N) is 2. The van der Waals surface area contributed by atoms with Crippen molar-refractivity contribution in [3.05, 3.63) is 116 Å². The maximum Gasteiger partial charge on any atom is 0.345 e. The van der Waals surface area contributed by atoms with Crippen LogP contribution in [0.5, 0.6) is 0 Å². The topological polar surface area (TPSA) is 153 Å². The number of benzene rings is 4. The first-order valence-corrected chi connectivity index (χ1v) is 29.9. The van der Waals surface area contributed by atoms with Crippen LogP contribution >= 0.6 is 22.7 Å². The summed E-state index contributed by atoms with van der Waals surface area (Å²) in [6.45, 7) is 22.2. The molecular formula is C60H74F2N10O5S2. The lowest BCUT2D eigenvalue weighted by atomic mass is 10.1. The number of likely N-dealkylation sites (tertiary alicyclic amines) is 1. The molecule has 0 spiro atoms. The summed E-state index contributed by atoms with van der Waals surface area (Å²) in [6, 6.07) is 23.4. The molecule has 1 amide bonds. The molecule has 4 aromatic carbocycles. The molecule has 4 aliphatic rings. The Bertz CT molecular complexity index is 3620. The highest BCUT2D eigenvalue weighted by molar-refractivity contribution is 7.24. The van der Waals surface area contributed by atoms with E-state index < -0.39 is 34.4 Å². The molecule has 4 N–H and O–H groups in total. The summed E-state index contributed by atoms with van der Waals surface area (Å²) in [5.41, 5.74) is 8.52. The number of para-hydroxylation sites is 2. The number of nitrogens with two attached hydrogens (primary N) is 1. The predicted octanol–water partition coefficient (Wildman–Crippen LogP) is 8.76. The summed E-state index contributed by atoms with van der Waals surface area (Å²) in [5, 5.41) is 6.76. The van der Waals surface area contributed by atoms with Crippen molar-refractivity contribution < 1.29 is 23.1 Å². The molecule has 0 bridgehead atoms. The van der Waals surface area contributed by atoms with Crippen molar-refractivity contribution in [3.8, 4) is 0 Å². The molecule has 4 aliphatic heterocycles. The lowest BCUT2D eigenvalue weighted by molar-refractivity contribution is 0.0527. The van der Waals surface area contributed by atoms with Crippen LogP contribution in [0, 0.1) is 11.6 Å². The largest absolute Gasteiger partial charge is 0.462 e. The maximum absolute atomic E-state index is 15.6. The van der Waals surface area contributed by atoms with E-state index in [1.165, 1.54) is 67.0 Å². The molecule has 19 heteroatoms. The van der Waals surface area contributed by atoms with E-state index in [1.807, 2.05) is 62.2 Å². The fourth-order valence-corrected chi connectivity index (χ4v) is 14.1. The van der Waals surface area contributed by atoms with Crippen LogP contribution in [-0.2, 0) is 4.74 Å². The molecule has 12 rings (SSSR count). The third-order valence-corrected chi connectivity index (χ3v) is 18.4. The number of hydrogen-bond donors (Lipinski definition) is 3. The second-order valence-electron chi connectivity index (χ2n) is 21.6. The Kier molecular flexibility index (Phi) is 17.6. The average Bonchev–Trinajstić information content (AvgIpc) is 4.27. The number of nitrogens with zero attached hydrogens (tertiary/aromatic N) is 7. The van der Waals surface area contributed by atoms with Gasteiger partial charge in [0.2, 0.25) is 10.9 Å². The first kappa shape index (κ1) is 56.2. The first-order chi connectivity index (χ1) is 38.3. The van der Waals surface area contributed by atoms with Crippen LogP contribution in [0.2, 0.25) is 0 Å². The molecule has 1 unspecified atom stereocenters. The Balaban J connectivity index is 0.000000157. The van der Waals surface area contributed by atoms with Gasteiger partial charge in [-0.2, -0.15) is 0 Å². The average molecular weight is 1120 g/mol. The van der Waals surface area contributed by atoms with Gasteiger partial charge in [0.05, 0.1) is 60.2 Å². The smallest absolute Gasteiger partial charge is 0.345 e. The van der Waals surface area contributed by atoms with Crippen LogP contribution in [0.4, 0.5) is 20.2 Å². The number of halogens is 2. The van der Waals surface area contributed by atoms with Crippen LogP contribution in [0.15, 0.2) is 82.4 Å². The Morgan fingerprint density at radius 2 is 1.18 bits per heavy atom. The normalized spacial score (nSPS) is 17.7. The fraction of sp³-hybridized carbons (Fsp3) is 0.467. The number of amides is 1. The van der Waals surface area contributed by atoms with E-state index in [0.29, 0.717) is 63.8 Å². The highest BCUT2D eigenvalue weighted by Gasteiger charge is 2.29.